The van der Waals surface area contributed by atoms with E-state index in [2.05, 4.69) is 32.7 Å². The summed E-state index contributed by atoms with van der Waals surface area (Å²) < 4.78 is 1.31. The van der Waals surface area contributed by atoms with Crippen LogP contribution in [0.5, 0.6) is 0 Å². The molecule has 1 saturated heterocycles. The lowest BCUT2D eigenvalue weighted by molar-refractivity contribution is 0.272. The predicted octanol–water partition coefficient (Wildman–Crippen LogP) is 4.37. The minimum absolute atomic E-state index is 0.421. The van der Waals surface area contributed by atoms with Crippen LogP contribution in [0.25, 0.3) is 0 Å². The van der Waals surface area contributed by atoms with Gasteiger partial charge < -0.3 is 5.32 Å². The third-order valence-corrected chi connectivity index (χ3v) is 6.23. The topological polar surface area (TPSA) is 12.0 Å². The van der Waals surface area contributed by atoms with Crippen LogP contribution >= 0.6 is 27.3 Å². The highest BCUT2D eigenvalue weighted by molar-refractivity contribution is 9.10. The van der Waals surface area contributed by atoms with Crippen molar-refractivity contribution >= 4 is 27.3 Å². The van der Waals surface area contributed by atoms with Gasteiger partial charge in [-0.05, 0) is 65.5 Å². The Morgan fingerprint density at radius 3 is 2.94 bits per heavy atom. The Hall–Kier alpha value is 0.140. The van der Waals surface area contributed by atoms with E-state index in [1.807, 2.05) is 11.3 Å². The SMILES string of the molecule is Brc1ccsc1CC1(C2CC2)CCCCCN1. The molecule has 2 heterocycles. The molecule has 1 aliphatic carbocycles. The first-order valence-corrected chi connectivity index (χ1v) is 8.44. The molecule has 1 aliphatic heterocycles. The Labute approximate surface area is 116 Å². The Morgan fingerprint density at radius 1 is 1.35 bits per heavy atom. The molecule has 0 bridgehead atoms. The van der Waals surface area contributed by atoms with Crippen molar-refractivity contribution in [1.82, 2.24) is 5.32 Å². The van der Waals surface area contributed by atoms with Crippen molar-refractivity contribution in [2.45, 2.75) is 50.5 Å². The number of hydrogen-bond acceptors (Lipinski definition) is 2. The fourth-order valence-corrected chi connectivity index (χ4v) is 4.80. The zero-order valence-corrected chi connectivity index (χ0v) is 12.6. The van der Waals surface area contributed by atoms with Crippen molar-refractivity contribution in [3.05, 3.63) is 20.8 Å². The maximum absolute atomic E-state index is 3.91. The van der Waals surface area contributed by atoms with Gasteiger partial charge in [-0.15, -0.1) is 11.3 Å². The molecule has 3 rings (SSSR count). The third kappa shape index (κ3) is 2.61. The highest BCUT2D eigenvalue weighted by Crippen LogP contribution is 2.46. The largest absolute Gasteiger partial charge is 0.311 e. The molecule has 2 fully saturated rings. The minimum atomic E-state index is 0.421. The molecule has 0 spiro atoms. The summed E-state index contributed by atoms with van der Waals surface area (Å²) in [4.78, 5) is 1.53. The van der Waals surface area contributed by atoms with E-state index < -0.39 is 0 Å². The van der Waals surface area contributed by atoms with E-state index in [1.165, 1.54) is 60.8 Å². The van der Waals surface area contributed by atoms with Crippen LogP contribution in [0.1, 0.15) is 43.4 Å². The normalized spacial score (nSPS) is 30.2. The first kappa shape index (κ1) is 12.2. The Bertz CT molecular complexity index is 375. The van der Waals surface area contributed by atoms with E-state index in [-0.39, 0.29) is 0 Å². The second-order valence-corrected chi connectivity index (χ2v) is 7.39. The lowest BCUT2D eigenvalue weighted by Gasteiger charge is -2.34. The summed E-state index contributed by atoms with van der Waals surface area (Å²) >= 11 is 5.60. The molecule has 0 radical (unpaired) electrons. The van der Waals surface area contributed by atoms with Gasteiger partial charge in [0.25, 0.3) is 0 Å². The fourth-order valence-electron chi connectivity index (χ4n) is 3.19. The second-order valence-electron chi connectivity index (χ2n) is 5.54. The Kier molecular flexibility index (Phi) is 3.60. The highest BCUT2D eigenvalue weighted by Gasteiger charge is 2.45. The van der Waals surface area contributed by atoms with Crippen LogP contribution < -0.4 is 5.32 Å². The van der Waals surface area contributed by atoms with Gasteiger partial charge in [-0.1, -0.05) is 12.8 Å². The average Bonchev–Trinajstić information content (AvgIpc) is 3.11. The molecular formula is C14H20BrNS. The number of rotatable bonds is 3. The monoisotopic (exact) mass is 313 g/mol. The van der Waals surface area contributed by atoms with Crippen molar-refractivity contribution in [2.24, 2.45) is 5.92 Å². The summed E-state index contributed by atoms with van der Waals surface area (Å²) in [5.74, 6) is 0.939. The first-order chi connectivity index (χ1) is 8.30. The zero-order chi connectivity index (χ0) is 11.7. The molecule has 17 heavy (non-hydrogen) atoms. The van der Waals surface area contributed by atoms with Gasteiger partial charge in [0, 0.05) is 21.3 Å². The first-order valence-electron chi connectivity index (χ1n) is 6.77. The quantitative estimate of drug-likeness (QED) is 0.874. The van der Waals surface area contributed by atoms with Gasteiger partial charge in [0.1, 0.15) is 0 Å². The van der Waals surface area contributed by atoms with E-state index in [0.29, 0.717) is 5.54 Å². The number of hydrogen-bond donors (Lipinski definition) is 1. The number of thiophene rings is 1. The molecule has 0 aromatic carbocycles. The van der Waals surface area contributed by atoms with Crippen LogP contribution in [0.2, 0.25) is 0 Å². The standard InChI is InChI=1S/C14H20BrNS/c15-12-6-9-17-13(12)10-14(11-4-5-11)7-2-1-3-8-16-14/h6,9,11,16H,1-5,7-8,10H2. The van der Waals surface area contributed by atoms with Gasteiger partial charge in [0.05, 0.1) is 0 Å². The number of halogens is 1. The van der Waals surface area contributed by atoms with Crippen LogP contribution in [0.3, 0.4) is 0 Å². The van der Waals surface area contributed by atoms with Crippen molar-refractivity contribution in [3.8, 4) is 0 Å². The Morgan fingerprint density at radius 2 is 2.24 bits per heavy atom. The smallest absolute Gasteiger partial charge is 0.0315 e. The molecule has 2 aliphatic rings. The van der Waals surface area contributed by atoms with Gasteiger partial charge in [-0.25, -0.2) is 0 Å². The van der Waals surface area contributed by atoms with Crippen LogP contribution in [0, 0.1) is 5.92 Å². The van der Waals surface area contributed by atoms with Gasteiger partial charge in [0.2, 0.25) is 0 Å². The summed E-state index contributed by atoms with van der Waals surface area (Å²) in [6.45, 7) is 1.22. The molecule has 1 atom stereocenters. The minimum Gasteiger partial charge on any atom is -0.311 e. The predicted molar refractivity (Wildman–Crippen MR) is 77.6 cm³/mol. The van der Waals surface area contributed by atoms with Crippen molar-refractivity contribution in [2.75, 3.05) is 6.54 Å². The van der Waals surface area contributed by atoms with Gasteiger partial charge in [0.15, 0.2) is 0 Å². The maximum atomic E-state index is 3.91. The van der Waals surface area contributed by atoms with Crippen molar-refractivity contribution in [3.63, 3.8) is 0 Å². The van der Waals surface area contributed by atoms with Crippen LogP contribution in [-0.2, 0) is 6.42 Å². The highest BCUT2D eigenvalue weighted by atomic mass is 79.9. The van der Waals surface area contributed by atoms with E-state index in [1.54, 1.807) is 0 Å². The summed E-state index contributed by atoms with van der Waals surface area (Å²) in [5, 5.41) is 6.11. The summed E-state index contributed by atoms with van der Waals surface area (Å²) in [7, 11) is 0. The zero-order valence-electron chi connectivity index (χ0n) is 10.2. The van der Waals surface area contributed by atoms with Crippen LogP contribution in [-0.4, -0.2) is 12.1 Å². The van der Waals surface area contributed by atoms with E-state index in [9.17, 15) is 0 Å². The van der Waals surface area contributed by atoms with E-state index in [0.717, 1.165) is 5.92 Å². The summed E-state index contributed by atoms with van der Waals surface area (Å²) in [6, 6.07) is 2.19. The maximum Gasteiger partial charge on any atom is 0.0315 e. The van der Waals surface area contributed by atoms with Crippen molar-refractivity contribution < 1.29 is 0 Å². The average molecular weight is 314 g/mol. The van der Waals surface area contributed by atoms with Gasteiger partial charge in [-0.2, -0.15) is 0 Å². The molecule has 1 saturated carbocycles. The van der Waals surface area contributed by atoms with E-state index >= 15 is 0 Å². The molecule has 1 aromatic heterocycles. The summed E-state index contributed by atoms with van der Waals surface area (Å²) in [6.07, 6.45) is 9.67. The summed E-state index contributed by atoms with van der Waals surface area (Å²) in [5.41, 5.74) is 0.421. The Balaban J connectivity index is 1.81. The molecule has 3 heteroatoms. The van der Waals surface area contributed by atoms with E-state index in [4.69, 9.17) is 0 Å². The fraction of sp³-hybridized carbons (Fsp3) is 0.714. The molecule has 94 valence electrons. The molecule has 0 amide bonds. The lowest BCUT2D eigenvalue weighted by atomic mass is 9.84. The molecule has 1 unspecified atom stereocenters. The van der Waals surface area contributed by atoms with Crippen LogP contribution in [0.15, 0.2) is 15.9 Å². The molecule has 1 nitrogen and oxygen atoms in total. The number of nitrogens with one attached hydrogen (secondary N) is 1. The molecule has 1 aromatic rings. The third-order valence-electron chi connectivity index (χ3n) is 4.30. The second kappa shape index (κ2) is 5.02. The molecular weight excluding hydrogens is 294 g/mol. The molecule has 1 N–H and O–H groups in total. The lowest BCUT2D eigenvalue weighted by Crippen LogP contribution is -2.48. The van der Waals surface area contributed by atoms with Crippen molar-refractivity contribution in [1.29, 1.82) is 0 Å². The van der Waals surface area contributed by atoms with Crippen LogP contribution in [0.4, 0.5) is 0 Å². The van der Waals surface area contributed by atoms with Gasteiger partial charge in [-0.3, -0.25) is 0 Å². The van der Waals surface area contributed by atoms with Gasteiger partial charge >= 0.3 is 0 Å².